The molecule has 2 aliphatic rings. The molecule has 2 atom stereocenters. The first-order valence-electron chi connectivity index (χ1n) is 8.95. The molecule has 24 heavy (non-hydrogen) atoms. The molecule has 3 rings (SSSR count). The first-order chi connectivity index (χ1) is 11.6. The average Bonchev–Trinajstić information content (AvgIpc) is 3.07. The minimum atomic E-state index is -0.684. The molecule has 132 valence electrons. The quantitative estimate of drug-likeness (QED) is 0.896. The van der Waals surface area contributed by atoms with E-state index in [1.807, 2.05) is 24.3 Å². The summed E-state index contributed by atoms with van der Waals surface area (Å²) in [6, 6.07) is 8.41. The van der Waals surface area contributed by atoms with E-state index < -0.39 is 5.97 Å². The molecule has 0 amide bonds. The molecule has 5 nitrogen and oxygen atoms in total. The lowest BCUT2D eigenvalue weighted by Crippen LogP contribution is -2.44. The van der Waals surface area contributed by atoms with Crippen molar-refractivity contribution in [2.45, 2.75) is 31.7 Å². The van der Waals surface area contributed by atoms with Gasteiger partial charge in [-0.2, -0.15) is 0 Å². The van der Waals surface area contributed by atoms with Crippen molar-refractivity contribution in [2.24, 2.45) is 5.92 Å². The fourth-order valence-electron chi connectivity index (χ4n) is 4.19. The van der Waals surface area contributed by atoms with Crippen LogP contribution >= 0.6 is 0 Å². The smallest absolute Gasteiger partial charge is 0.308 e. The van der Waals surface area contributed by atoms with Crippen LogP contribution in [0, 0.1) is 5.92 Å². The van der Waals surface area contributed by atoms with Gasteiger partial charge in [-0.05, 0) is 50.2 Å². The highest BCUT2D eigenvalue weighted by Crippen LogP contribution is 2.36. The van der Waals surface area contributed by atoms with Gasteiger partial charge < -0.3 is 14.7 Å². The van der Waals surface area contributed by atoms with Gasteiger partial charge in [0.25, 0.3) is 0 Å². The van der Waals surface area contributed by atoms with Crippen LogP contribution in [0.25, 0.3) is 0 Å². The van der Waals surface area contributed by atoms with Gasteiger partial charge in [0.1, 0.15) is 5.75 Å². The van der Waals surface area contributed by atoms with Crippen LogP contribution in [0.3, 0.4) is 0 Å². The summed E-state index contributed by atoms with van der Waals surface area (Å²) >= 11 is 0. The standard InChI is InChI=1S/C19H28N2O3/c1-3-20-9-7-15(8-10-20)21-12-17(18(13-21)19(22)23)14-5-4-6-16(11-14)24-2/h4-6,11,15,17-18H,3,7-10,12-13H2,1-2H3,(H,22,23)/t17-,18+/m1/s1. The Morgan fingerprint density at radius 2 is 2.04 bits per heavy atom. The number of likely N-dealkylation sites (tertiary alicyclic amines) is 2. The molecular weight excluding hydrogens is 304 g/mol. The van der Waals surface area contributed by atoms with Gasteiger partial charge in [-0.3, -0.25) is 9.69 Å². The molecule has 0 bridgehead atoms. The largest absolute Gasteiger partial charge is 0.497 e. The topological polar surface area (TPSA) is 53.0 Å². The van der Waals surface area contributed by atoms with Gasteiger partial charge in [-0.1, -0.05) is 19.1 Å². The van der Waals surface area contributed by atoms with Crippen molar-refractivity contribution in [3.63, 3.8) is 0 Å². The molecule has 0 spiro atoms. The second-order valence-electron chi connectivity index (χ2n) is 6.95. The van der Waals surface area contributed by atoms with Crippen LogP contribution in [-0.4, -0.2) is 66.8 Å². The van der Waals surface area contributed by atoms with E-state index >= 15 is 0 Å². The van der Waals surface area contributed by atoms with E-state index in [4.69, 9.17) is 4.74 Å². The van der Waals surface area contributed by atoms with E-state index in [1.165, 1.54) is 0 Å². The predicted molar refractivity (Wildman–Crippen MR) is 93.6 cm³/mol. The third-order valence-electron chi connectivity index (χ3n) is 5.71. The van der Waals surface area contributed by atoms with E-state index in [-0.39, 0.29) is 11.8 Å². The second-order valence-corrected chi connectivity index (χ2v) is 6.95. The minimum absolute atomic E-state index is 0.0433. The molecular formula is C19H28N2O3. The monoisotopic (exact) mass is 332 g/mol. The van der Waals surface area contributed by atoms with E-state index in [1.54, 1.807) is 7.11 Å². The summed E-state index contributed by atoms with van der Waals surface area (Å²) in [5.74, 6) is -0.175. The van der Waals surface area contributed by atoms with Gasteiger partial charge in [0.15, 0.2) is 0 Å². The highest BCUT2D eigenvalue weighted by molar-refractivity contribution is 5.72. The predicted octanol–water partition coefficient (Wildman–Crippen LogP) is 2.28. The fourth-order valence-corrected chi connectivity index (χ4v) is 4.19. The van der Waals surface area contributed by atoms with Crippen LogP contribution in [0.15, 0.2) is 24.3 Å². The Morgan fingerprint density at radius 3 is 2.67 bits per heavy atom. The summed E-state index contributed by atoms with van der Waals surface area (Å²) in [7, 11) is 1.65. The number of ether oxygens (including phenoxy) is 1. The van der Waals surface area contributed by atoms with Crippen molar-refractivity contribution in [3.8, 4) is 5.75 Å². The number of carbonyl (C=O) groups is 1. The molecule has 0 unspecified atom stereocenters. The lowest BCUT2D eigenvalue weighted by molar-refractivity contribution is -0.141. The van der Waals surface area contributed by atoms with E-state index in [0.29, 0.717) is 12.6 Å². The van der Waals surface area contributed by atoms with Crippen molar-refractivity contribution in [1.82, 2.24) is 9.80 Å². The number of carboxylic acid groups (broad SMARTS) is 1. The third-order valence-corrected chi connectivity index (χ3v) is 5.71. The molecule has 0 radical (unpaired) electrons. The third kappa shape index (κ3) is 3.57. The van der Waals surface area contributed by atoms with Crippen molar-refractivity contribution < 1.29 is 14.6 Å². The number of methoxy groups -OCH3 is 1. The maximum atomic E-state index is 11.8. The SMILES string of the molecule is CCN1CCC(N2C[C@H](C(=O)O)[C@@H](c3cccc(OC)c3)C2)CC1. The molecule has 0 aliphatic carbocycles. The van der Waals surface area contributed by atoms with Crippen LogP contribution in [0.1, 0.15) is 31.2 Å². The molecule has 2 aliphatic heterocycles. The number of piperidine rings is 1. The molecule has 1 aromatic carbocycles. The molecule has 0 saturated carbocycles. The van der Waals surface area contributed by atoms with Crippen LogP contribution in [0.2, 0.25) is 0 Å². The van der Waals surface area contributed by atoms with Crippen molar-refractivity contribution in [3.05, 3.63) is 29.8 Å². The summed E-state index contributed by atoms with van der Waals surface area (Å²) in [5.41, 5.74) is 1.08. The number of hydrogen-bond acceptors (Lipinski definition) is 4. The summed E-state index contributed by atoms with van der Waals surface area (Å²) in [6.07, 6.45) is 2.29. The Bertz CT molecular complexity index is 569. The van der Waals surface area contributed by atoms with Crippen LogP contribution in [0.5, 0.6) is 5.75 Å². The van der Waals surface area contributed by atoms with Gasteiger partial charge in [0.2, 0.25) is 0 Å². The average molecular weight is 332 g/mol. The summed E-state index contributed by atoms with van der Waals surface area (Å²) < 4.78 is 5.31. The van der Waals surface area contributed by atoms with Crippen molar-refractivity contribution >= 4 is 5.97 Å². The molecule has 1 N–H and O–H groups in total. The van der Waals surface area contributed by atoms with Gasteiger partial charge in [0, 0.05) is 25.0 Å². The van der Waals surface area contributed by atoms with Crippen LogP contribution < -0.4 is 4.74 Å². The number of nitrogens with zero attached hydrogens (tertiary/aromatic N) is 2. The maximum Gasteiger partial charge on any atom is 0.308 e. The van der Waals surface area contributed by atoms with E-state index in [0.717, 1.165) is 50.3 Å². The van der Waals surface area contributed by atoms with E-state index in [2.05, 4.69) is 16.7 Å². The minimum Gasteiger partial charge on any atom is -0.497 e. The lowest BCUT2D eigenvalue weighted by atomic mass is 9.89. The van der Waals surface area contributed by atoms with Gasteiger partial charge in [-0.25, -0.2) is 0 Å². The molecule has 2 saturated heterocycles. The summed E-state index contributed by atoms with van der Waals surface area (Å²) in [5, 5.41) is 9.70. The van der Waals surface area contributed by atoms with Crippen molar-refractivity contribution in [2.75, 3.05) is 39.8 Å². The normalized spacial score (nSPS) is 26.6. The first-order valence-corrected chi connectivity index (χ1v) is 8.95. The Hall–Kier alpha value is -1.59. The number of aliphatic carboxylic acids is 1. The first kappa shape index (κ1) is 17.2. The molecule has 5 heteroatoms. The number of rotatable bonds is 5. The van der Waals surface area contributed by atoms with Gasteiger partial charge in [0.05, 0.1) is 13.0 Å². The highest BCUT2D eigenvalue weighted by Gasteiger charge is 2.41. The fraction of sp³-hybridized carbons (Fsp3) is 0.632. The zero-order valence-corrected chi connectivity index (χ0v) is 14.6. The Labute approximate surface area is 144 Å². The van der Waals surface area contributed by atoms with Gasteiger partial charge in [-0.15, -0.1) is 0 Å². The Balaban J connectivity index is 1.73. The van der Waals surface area contributed by atoms with Gasteiger partial charge >= 0.3 is 5.97 Å². The van der Waals surface area contributed by atoms with Crippen LogP contribution in [-0.2, 0) is 4.79 Å². The summed E-state index contributed by atoms with van der Waals surface area (Å²) in [6.45, 7) is 7.06. The zero-order chi connectivity index (χ0) is 17.1. The maximum absolute atomic E-state index is 11.8. The summed E-state index contributed by atoms with van der Waals surface area (Å²) in [4.78, 5) is 16.7. The van der Waals surface area contributed by atoms with Crippen LogP contribution in [0.4, 0.5) is 0 Å². The number of hydrogen-bond donors (Lipinski definition) is 1. The number of carboxylic acids is 1. The lowest BCUT2D eigenvalue weighted by Gasteiger charge is -2.36. The second kappa shape index (κ2) is 7.53. The van der Waals surface area contributed by atoms with E-state index in [9.17, 15) is 9.90 Å². The Kier molecular flexibility index (Phi) is 5.41. The highest BCUT2D eigenvalue weighted by atomic mass is 16.5. The molecule has 2 fully saturated rings. The Morgan fingerprint density at radius 1 is 1.29 bits per heavy atom. The molecule has 1 aromatic rings. The number of benzene rings is 1. The zero-order valence-electron chi connectivity index (χ0n) is 14.6. The van der Waals surface area contributed by atoms with Crippen molar-refractivity contribution in [1.29, 1.82) is 0 Å². The molecule has 2 heterocycles. The molecule has 0 aromatic heterocycles.